The van der Waals surface area contributed by atoms with Crippen LogP contribution in [0.15, 0.2) is 47.4 Å². The monoisotopic (exact) mass is 337 g/mol. The van der Waals surface area contributed by atoms with Gasteiger partial charge in [-0.2, -0.15) is 0 Å². The Hall–Kier alpha value is -2.25. The van der Waals surface area contributed by atoms with E-state index in [1.807, 2.05) is 0 Å². The number of nitrogens with one attached hydrogen (secondary N) is 1. The standard InChI is InChI=1S/C16H19NO5S/c1-20-13-5-4-6-14(10-13)23(18,19)17-11-12-7-8-15(21-2)16(9-12)22-3/h4-10,17H,11H2,1-3H3. The fraction of sp³-hybridized carbons (Fsp3) is 0.250. The summed E-state index contributed by atoms with van der Waals surface area (Å²) >= 11 is 0. The van der Waals surface area contributed by atoms with E-state index in [1.54, 1.807) is 37.4 Å². The molecule has 2 aromatic carbocycles. The van der Waals surface area contributed by atoms with Gasteiger partial charge in [-0.05, 0) is 29.8 Å². The van der Waals surface area contributed by atoms with Crippen LogP contribution in [0.3, 0.4) is 0 Å². The minimum Gasteiger partial charge on any atom is -0.497 e. The summed E-state index contributed by atoms with van der Waals surface area (Å²) in [5.41, 5.74) is 0.758. The molecule has 1 N–H and O–H groups in total. The van der Waals surface area contributed by atoms with Crippen molar-refractivity contribution < 1.29 is 22.6 Å². The van der Waals surface area contributed by atoms with Crippen LogP contribution in [-0.4, -0.2) is 29.7 Å². The normalized spacial score (nSPS) is 11.1. The smallest absolute Gasteiger partial charge is 0.241 e. The number of sulfonamides is 1. The van der Waals surface area contributed by atoms with Gasteiger partial charge in [0.15, 0.2) is 11.5 Å². The van der Waals surface area contributed by atoms with Crippen LogP contribution in [0, 0.1) is 0 Å². The molecule has 0 aromatic heterocycles. The van der Waals surface area contributed by atoms with Crippen molar-refractivity contribution in [1.29, 1.82) is 0 Å². The maximum Gasteiger partial charge on any atom is 0.241 e. The van der Waals surface area contributed by atoms with E-state index >= 15 is 0 Å². The predicted octanol–water partition coefficient (Wildman–Crippen LogP) is 2.19. The summed E-state index contributed by atoms with van der Waals surface area (Å²) in [6.45, 7) is 0.139. The first-order valence-corrected chi connectivity index (χ1v) is 8.33. The molecule has 0 bridgehead atoms. The molecule has 7 heteroatoms. The number of methoxy groups -OCH3 is 3. The van der Waals surface area contributed by atoms with Gasteiger partial charge in [-0.1, -0.05) is 12.1 Å². The first-order chi connectivity index (χ1) is 11.0. The lowest BCUT2D eigenvalue weighted by Crippen LogP contribution is -2.23. The molecular formula is C16H19NO5S. The highest BCUT2D eigenvalue weighted by atomic mass is 32.2. The third-order valence-corrected chi connectivity index (χ3v) is 4.66. The lowest BCUT2D eigenvalue weighted by molar-refractivity contribution is 0.354. The Bertz CT molecular complexity index is 774. The predicted molar refractivity (Wildman–Crippen MR) is 86.6 cm³/mol. The SMILES string of the molecule is COc1cccc(S(=O)(=O)NCc2ccc(OC)c(OC)c2)c1. The van der Waals surface area contributed by atoms with Crippen molar-refractivity contribution >= 4 is 10.0 Å². The lowest BCUT2D eigenvalue weighted by Gasteiger charge is -2.11. The van der Waals surface area contributed by atoms with Crippen LogP contribution in [-0.2, 0) is 16.6 Å². The van der Waals surface area contributed by atoms with Gasteiger partial charge in [-0.25, -0.2) is 13.1 Å². The van der Waals surface area contributed by atoms with Crippen LogP contribution >= 0.6 is 0 Å². The Morgan fingerprint density at radius 2 is 1.65 bits per heavy atom. The Labute approximate surface area is 136 Å². The van der Waals surface area contributed by atoms with Gasteiger partial charge in [0.2, 0.25) is 10.0 Å². The van der Waals surface area contributed by atoms with E-state index in [4.69, 9.17) is 14.2 Å². The molecular weight excluding hydrogens is 318 g/mol. The largest absolute Gasteiger partial charge is 0.497 e. The molecule has 23 heavy (non-hydrogen) atoms. The first kappa shape index (κ1) is 17.1. The Morgan fingerprint density at radius 1 is 0.913 bits per heavy atom. The van der Waals surface area contributed by atoms with Gasteiger partial charge in [0.25, 0.3) is 0 Å². The van der Waals surface area contributed by atoms with Crippen molar-refractivity contribution in [2.45, 2.75) is 11.4 Å². The number of hydrogen-bond donors (Lipinski definition) is 1. The third-order valence-electron chi connectivity index (χ3n) is 3.27. The topological polar surface area (TPSA) is 73.9 Å². The number of hydrogen-bond acceptors (Lipinski definition) is 5. The van der Waals surface area contributed by atoms with Crippen LogP contribution in [0.4, 0.5) is 0 Å². The van der Waals surface area contributed by atoms with Gasteiger partial charge in [0.05, 0.1) is 26.2 Å². The van der Waals surface area contributed by atoms with Crippen LogP contribution in [0.1, 0.15) is 5.56 Å². The van der Waals surface area contributed by atoms with Crippen molar-refractivity contribution in [3.8, 4) is 17.2 Å². The molecule has 0 saturated heterocycles. The maximum absolute atomic E-state index is 12.3. The zero-order valence-electron chi connectivity index (χ0n) is 13.2. The third kappa shape index (κ3) is 4.14. The van der Waals surface area contributed by atoms with E-state index in [0.29, 0.717) is 17.2 Å². The van der Waals surface area contributed by atoms with Crippen molar-refractivity contribution in [1.82, 2.24) is 4.72 Å². The van der Waals surface area contributed by atoms with Gasteiger partial charge < -0.3 is 14.2 Å². The minimum absolute atomic E-state index is 0.139. The molecule has 2 aromatic rings. The highest BCUT2D eigenvalue weighted by molar-refractivity contribution is 7.89. The maximum atomic E-state index is 12.3. The van der Waals surface area contributed by atoms with Crippen LogP contribution in [0.5, 0.6) is 17.2 Å². The second-order valence-corrected chi connectivity index (χ2v) is 6.46. The van der Waals surface area contributed by atoms with Crippen molar-refractivity contribution in [2.75, 3.05) is 21.3 Å². The summed E-state index contributed by atoms with van der Waals surface area (Å²) in [7, 11) is 0.935. The molecule has 0 heterocycles. The van der Waals surface area contributed by atoms with Gasteiger partial charge in [0.1, 0.15) is 5.75 Å². The fourth-order valence-electron chi connectivity index (χ4n) is 2.02. The molecule has 0 radical (unpaired) electrons. The molecule has 0 aliphatic rings. The zero-order chi connectivity index (χ0) is 16.9. The van der Waals surface area contributed by atoms with E-state index in [2.05, 4.69) is 4.72 Å². The molecule has 2 rings (SSSR count). The molecule has 0 fully saturated rings. The fourth-order valence-corrected chi connectivity index (χ4v) is 3.07. The quantitative estimate of drug-likeness (QED) is 0.838. The molecule has 0 aliphatic heterocycles. The van der Waals surface area contributed by atoms with E-state index in [0.717, 1.165) is 5.56 Å². The van der Waals surface area contributed by atoms with E-state index in [-0.39, 0.29) is 11.4 Å². The summed E-state index contributed by atoms with van der Waals surface area (Å²) in [5.74, 6) is 1.62. The number of ether oxygens (including phenoxy) is 3. The van der Waals surface area contributed by atoms with Gasteiger partial charge >= 0.3 is 0 Å². The van der Waals surface area contributed by atoms with Crippen LogP contribution < -0.4 is 18.9 Å². The summed E-state index contributed by atoms with van der Waals surface area (Å²) in [4.78, 5) is 0.150. The van der Waals surface area contributed by atoms with E-state index < -0.39 is 10.0 Å². The Kier molecular flexibility index (Phi) is 5.46. The van der Waals surface area contributed by atoms with Crippen LogP contribution in [0.2, 0.25) is 0 Å². The van der Waals surface area contributed by atoms with Crippen molar-refractivity contribution in [3.05, 3.63) is 48.0 Å². The number of rotatable bonds is 7. The Morgan fingerprint density at radius 3 is 2.30 bits per heavy atom. The molecule has 0 unspecified atom stereocenters. The van der Waals surface area contributed by atoms with Gasteiger partial charge in [-0.15, -0.1) is 0 Å². The van der Waals surface area contributed by atoms with Crippen molar-refractivity contribution in [3.63, 3.8) is 0 Å². The zero-order valence-corrected chi connectivity index (χ0v) is 14.0. The molecule has 0 atom stereocenters. The summed E-state index contributed by atoms with van der Waals surface area (Å²) in [6, 6.07) is 11.5. The molecule has 0 aliphatic carbocycles. The highest BCUT2D eigenvalue weighted by Gasteiger charge is 2.15. The first-order valence-electron chi connectivity index (χ1n) is 6.85. The molecule has 124 valence electrons. The molecule has 0 spiro atoms. The van der Waals surface area contributed by atoms with E-state index in [9.17, 15) is 8.42 Å². The minimum atomic E-state index is -3.63. The van der Waals surface area contributed by atoms with Crippen LogP contribution in [0.25, 0.3) is 0 Å². The lowest BCUT2D eigenvalue weighted by atomic mass is 10.2. The van der Waals surface area contributed by atoms with E-state index in [1.165, 1.54) is 26.4 Å². The second-order valence-electron chi connectivity index (χ2n) is 4.69. The second kappa shape index (κ2) is 7.34. The average molecular weight is 337 g/mol. The van der Waals surface area contributed by atoms with Gasteiger partial charge in [-0.3, -0.25) is 0 Å². The summed E-state index contributed by atoms with van der Waals surface area (Å²) in [5, 5.41) is 0. The van der Waals surface area contributed by atoms with Crippen molar-refractivity contribution in [2.24, 2.45) is 0 Å². The average Bonchev–Trinajstić information content (AvgIpc) is 2.59. The van der Waals surface area contributed by atoms with Gasteiger partial charge in [0, 0.05) is 12.6 Å². The number of benzene rings is 2. The summed E-state index contributed by atoms with van der Waals surface area (Å²) in [6.07, 6.45) is 0. The summed E-state index contributed by atoms with van der Waals surface area (Å²) < 4.78 is 42.6. The highest BCUT2D eigenvalue weighted by Crippen LogP contribution is 2.27. The molecule has 0 saturated carbocycles. The molecule has 0 amide bonds. The molecule has 6 nitrogen and oxygen atoms in total. The Balaban J connectivity index is 2.15.